The number of hydrogen-bond donors (Lipinski definition) is 1. The van der Waals surface area contributed by atoms with Gasteiger partial charge in [-0.05, 0) is 37.6 Å². The van der Waals surface area contributed by atoms with Crippen LogP contribution in [0.1, 0.15) is 24.8 Å². The van der Waals surface area contributed by atoms with Crippen LogP contribution in [0.4, 0.5) is 0 Å². The van der Waals surface area contributed by atoms with Crippen molar-refractivity contribution in [1.82, 2.24) is 4.90 Å². The van der Waals surface area contributed by atoms with E-state index >= 15 is 0 Å². The number of carboxylic acid groups (broad SMARTS) is 1. The topological polar surface area (TPSA) is 40.5 Å². The first kappa shape index (κ1) is 13.4. The van der Waals surface area contributed by atoms with Crippen LogP contribution >= 0.6 is 11.6 Å². The molecule has 4 heteroatoms. The molecule has 18 heavy (non-hydrogen) atoms. The lowest BCUT2D eigenvalue weighted by Gasteiger charge is -2.27. The Bertz CT molecular complexity index is 436. The standard InChI is InChI=1S/C14H18ClNO2/c1-16(9-10-4-2-5-11(15)8-10)13-7-3-6-12(13)14(17)18/h2,4-5,8,12-13H,3,6-7,9H2,1H3,(H,17,18). The minimum atomic E-state index is -0.671. The molecule has 1 fully saturated rings. The van der Waals surface area contributed by atoms with E-state index < -0.39 is 5.97 Å². The summed E-state index contributed by atoms with van der Waals surface area (Å²) >= 11 is 5.95. The number of aliphatic carboxylic acids is 1. The van der Waals surface area contributed by atoms with Gasteiger partial charge in [-0.1, -0.05) is 30.2 Å². The fourth-order valence-corrected chi connectivity index (χ4v) is 3.01. The van der Waals surface area contributed by atoms with Crippen molar-refractivity contribution in [1.29, 1.82) is 0 Å². The molecule has 0 radical (unpaired) electrons. The van der Waals surface area contributed by atoms with E-state index in [2.05, 4.69) is 4.90 Å². The molecule has 0 spiro atoms. The second-order valence-corrected chi connectivity index (χ2v) is 5.42. The second-order valence-electron chi connectivity index (χ2n) is 4.99. The van der Waals surface area contributed by atoms with Crippen LogP contribution in [-0.2, 0) is 11.3 Å². The molecule has 2 unspecified atom stereocenters. The maximum atomic E-state index is 11.2. The van der Waals surface area contributed by atoms with Crippen LogP contribution in [0.3, 0.4) is 0 Å². The Balaban J connectivity index is 2.03. The van der Waals surface area contributed by atoms with Gasteiger partial charge in [-0.25, -0.2) is 0 Å². The number of hydrogen-bond acceptors (Lipinski definition) is 2. The highest BCUT2D eigenvalue weighted by atomic mass is 35.5. The lowest BCUT2D eigenvalue weighted by molar-refractivity contribution is -0.143. The van der Waals surface area contributed by atoms with Gasteiger partial charge in [0.05, 0.1) is 5.92 Å². The molecule has 0 aliphatic heterocycles. The van der Waals surface area contributed by atoms with E-state index in [0.29, 0.717) is 0 Å². The molecule has 2 atom stereocenters. The zero-order chi connectivity index (χ0) is 13.1. The smallest absolute Gasteiger partial charge is 0.308 e. The Morgan fingerprint density at radius 1 is 1.50 bits per heavy atom. The Hall–Kier alpha value is -1.06. The predicted octanol–water partition coefficient (Wildman–Crippen LogP) is 3.03. The van der Waals surface area contributed by atoms with Crippen LogP contribution in [0.25, 0.3) is 0 Å². The third-order valence-corrected chi connectivity index (χ3v) is 3.92. The van der Waals surface area contributed by atoms with E-state index in [4.69, 9.17) is 11.6 Å². The first-order chi connectivity index (χ1) is 8.58. The van der Waals surface area contributed by atoms with Gasteiger partial charge in [0.15, 0.2) is 0 Å². The van der Waals surface area contributed by atoms with E-state index in [1.807, 2.05) is 31.3 Å². The number of carboxylic acids is 1. The minimum absolute atomic E-state index is 0.140. The van der Waals surface area contributed by atoms with Crippen molar-refractivity contribution in [3.63, 3.8) is 0 Å². The van der Waals surface area contributed by atoms with Gasteiger partial charge in [-0.3, -0.25) is 9.69 Å². The lowest BCUT2D eigenvalue weighted by Crippen LogP contribution is -2.37. The number of rotatable bonds is 4. The summed E-state index contributed by atoms with van der Waals surface area (Å²) in [5, 5.41) is 9.92. The predicted molar refractivity (Wildman–Crippen MR) is 71.7 cm³/mol. The Morgan fingerprint density at radius 3 is 2.94 bits per heavy atom. The van der Waals surface area contributed by atoms with E-state index in [1.54, 1.807) is 0 Å². The molecule has 0 bridgehead atoms. The van der Waals surface area contributed by atoms with Gasteiger partial charge >= 0.3 is 5.97 Å². The Morgan fingerprint density at radius 2 is 2.28 bits per heavy atom. The van der Waals surface area contributed by atoms with E-state index in [-0.39, 0.29) is 12.0 Å². The molecule has 2 rings (SSSR count). The van der Waals surface area contributed by atoms with Gasteiger partial charge in [0.25, 0.3) is 0 Å². The summed E-state index contributed by atoms with van der Waals surface area (Å²) in [6, 6.07) is 7.87. The monoisotopic (exact) mass is 267 g/mol. The molecule has 1 aromatic carbocycles. The molecule has 1 aliphatic carbocycles. The van der Waals surface area contributed by atoms with Gasteiger partial charge in [-0.2, -0.15) is 0 Å². The molecule has 98 valence electrons. The first-order valence-electron chi connectivity index (χ1n) is 6.25. The van der Waals surface area contributed by atoms with Crippen LogP contribution in [0.15, 0.2) is 24.3 Å². The second kappa shape index (κ2) is 5.72. The fourth-order valence-electron chi connectivity index (χ4n) is 2.80. The highest BCUT2D eigenvalue weighted by molar-refractivity contribution is 6.30. The summed E-state index contributed by atoms with van der Waals surface area (Å²) in [5.74, 6) is -0.898. The average Bonchev–Trinajstić information content (AvgIpc) is 2.77. The third kappa shape index (κ3) is 3.03. The van der Waals surface area contributed by atoms with E-state index in [0.717, 1.165) is 36.4 Å². The van der Waals surface area contributed by atoms with Crippen molar-refractivity contribution >= 4 is 17.6 Å². The summed E-state index contributed by atoms with van der Waals surface area (Å²) in [5.41, 5.74) is 1.13. The van der Waals surface area contributed by atoms with Crippen molar-refractivity contribution in [2.24, 2.45) is 5.92 Å². The van der Waals surface area contributed by atoms with Crippen molar-refractivity contribution in [3.8, 4) is 0 Å². The van der Waals surface area contributed by atoms with E-state index in [9.17, 15) is 9.90 Å². The molecule has 0 saturated heterocycles. The lowest BCUT2D eigenvalue weighted by atomic mass is 10.0. The number of benzene rings is 1. The normalized spacial score (nSPS) is 23.5. The van der Waals surface area contributed by atoms with Crippen molar-refractivity contribution in [3.05, 3.63) is 34.9 Å². The van der Waals surface area contributed by atoms with Crippen molar-refractivity contribution in [2.45, 2.75) is 31.8 Å². The summed E-state index contributed by atoms with van der Waals surface area (Å²) < 4.78 is 0. The highest BCUT2D eigenvalue weighted by Crippen LogP contribution is 2.30. The van der Waals surface area contributed by atoms with Gasteiger partial charge < -0.3 is 5.11 Å². The molecule has 1 aromatic rings. The van der Waals surface area contributed by atoms with Gasteiger partial charge in [0.1, 0.15) is 0 Å². The molecular formula is C14H18ClNO2. The van der Waals surface area contributed by atoms with Crippen molar-refractivity contribution in [2.75, 3.05) is 7.05 Å². The largest absolute Gasteiger partial charge is 0.481 e. The van der Waals surface area contributed by atoms with Gasteiger partial charge in [0.2, 0.25) is 0 Å². The van der Waals surface area contributed by atoms with Crippen LogP contribution in [-0.4, -0.2) is 29.1 Å². The fraction of sp³-hybridized carbons (Fsp3) is 0.500. The SMILES string of the molecule is CN(Cc1cccc(Cl)c1)C1CCCC1C(=O)O. The molecule has 0 heterocycles. The summed E-state index contributed by atoms with van der Waals surface area (Å²) in [4.78, 5) is 13.3. The van der Waals surface area contributed by atoms with Crippen LogP contribution < -0.4 is 0 Å². The first-order valence-corrected chi connectivity index (χ1v) is 6.63. The number of nitrogens with zero attached hydrogens (tertiary/aromatic N) is 1. The molecular weight excluding hydrogens is 250 g/mol. The molecule has 1 saturated carbocycles. The van der Waals surface area contributed by atoms with Crippen LogP contribution in [0.5, 0.6) is 0 Å². The van der Waals surface area contributed by atoms with Crippen LogP contribution in [0.2, 0.25) is 5.02 Å². The van der Waals surface area contributed by atoms with Gasteiger partial charge in [-0.15, -0.1) is 0 Å². The maximum Gasteiger partial charge on any atom is 0.308 e. The Kier molecular flexibility index (Phi) is 4.25. The number of carbonyl (C=O) groups is 1. The molecule has 1 N–H and O–H groups in total. The maximum absolute atomic E-state index is 11.2. The molecule has 1 aliphatic rings. The van der Waals surface area contributed by atoms with Crippen molar-refractivity contribution < 1.29 is 9.90 Å². The zero-order valence-corrected chi connectivity index (χ0v) is 11.2. The number of halogens is 1. The molecule has 3 nitrogen and oxygen atoms in total. The zero-order valence-electron chi connectivity index (χ0n) is 10.5. The van der Waals surface area contributed by atoms with E-state index in [1.165, 1.54) is 0 Å². The highest BCUT2D eigenvalue weighted by Gasteiger charge is 2.35. The van der Waals surface area contributed by atoms with Gasteiger partial charge in [0, 0.05) is 17.6 Å². The molecule has 0 aromatic heterocycles. The summed E-state index contributed by atoms with van der Waals surface area (Å²) in [6.45, 7) is 0.745. The minimum Gasteiger partial charge on any atom is -0.481 e. The summed E-state index contributed by atoms with van der Waals surface area (Å²) in [7, 11) is 1.99. The average molecular weight is 268 g/mol. The Labute approximate surface area is 112 Å². The van der Waals surface area contributed by atoms with Crippen LogP contribution in [0, 0.1) is 5.92 Å². The third-order valence-electron chi connectivity index (χ3n) is 3.68. The quantitative estimate of drug-likeness (QED) is 0.912. The molecule has 0 amide bonds. The summed E-state index contributed by atoms with van der Waals surface area (Å²) in [6.07, 6.45) is 2.76.